The molecule has 0 rings (SSSR count). The van der Waals surface area contributed by atoms with Gasteiger partial charge in [0.1, 0.15) is 5.78 Å². The summed E-state index contributed by atoms with van der Waals surface area (Å²) in [5.41, 5.74) is 0. The van der Waals surface area contributed by atoms with Crippen molar-refractivity contribution in [2.24, 2.45) is 5.92 Å². The van der Waals surface area contributed by atoms with Crippen LogP contribution in [-0.4, -0.2) is 30.3 Å². The number of ketones is 1. The molecular weight excluding hydrogens is 150 g/mol. The summed E-state index contributed by atoms with van der Waals surface area (Å²) in [7, 11) is 2.01. The molecular formula is C10H21NO. The van der Waals surface area contributed by atoms with Crippen LogP contribution in [0.5, 0.6) is 0 Å². The summed E-state index contributed by atoms with van der Waals surface area (Å²) in [5.74, 6) is 0.876. The lowest BCUT2D eigenvalue weighted by Gasteiger charge is -2.25. The van der Waals surface area contributed by atoms with Gasteiger partial charge in [0.2, 0.25) is 0 Å². The van der Waals surface area contributed by atoms with Crippen molar-refractivity contribution in [2.75, 3.05) is 13.6 Å². The quantitative estimate of drug-likeness (QED) is 0.630. The van der Waals surface area contributed by atoms with Gasteiger partial charge in [0.15, 0.2) is 0 Å². The Morgan fingerprint density at radius 1 is 1.42 bits per heavy atom. The zero-order valence-corrected chi connectivity index (χ0v) is 8.92. The summed E-state index contributed by atoms with van der Waals surface area (Å²) in [6.45, 7) is 9.01. The predicted molar refractivity (Wildman–Crippen MR) is 52.2 cm³/mol. The largest absolute Gasteiger partial charge is 0.298 e. The van der Waals surface area contributed by atoms with E-state index in [1.165, 1.54) is 0 Å². The van der Waals surface area contributed by atoms with E-state index in [1.807, 2.05) is 7.05 Å². The zero-order chi connectivity index (χ0) is 9.72. The third-order valence-electron chi connectivity index (χ3n) is 2.19. The van der Waals surface area contributed by atoms with E-state index in [2.05, 4.69) is 25.7 Å². The average Bonchev–Trinajstić information content (AvgIpc) is 1.98. The molecule has 0 aromatic rings. The van der Waals surface area contributed by atoms with Crippen molar-refractivity contribution in [3.8, 4) is 0 Å². The van der Waals surface area contributed by atoms with Crippen LogP contribution >= 0.6 is 0 Å². The average molecular weight is 171 g/mol. The maximum Gasteiger partial charge on any atom is 0.146 e. The topological polar surface area (TPSA) is 20.3 Å². The molecule has 0 heterocycles. The summed E-state index contributed by atoms with van der Waals surface area (Å²) >= 11 is 0. The van der Waals surface area contributed by atoms with E-state index in [1.54, 1.807) is 6.92 Å². The maximum absolute atomic E-state index is 11.2. The summed E-state index contributed by atoms with van der Waals surface area (Å²) in [6.07, 6.45) is 0.972. The van der Waals surface area contributed by atoms with Crippen LogP contribution in [0.4, 0.5) is 0 Å². The van der Waals surface area contributed by atoms with Crippen LogP contribution < -0.4 is 0 Å². The van der Waals surface area contributed by atoms with Crippen molar-refractivity contribution < 1.29 is 4.79 Å². The molecule has 2 nitrogen and oxygen atoms in total. The van der Waals surface area contributed by atoms with Crippen molar-refractivity contribution >= 4 is 5.78 Å². The molecule has 0 radical (unpaired) electrons. The number of rotatable bonds is 5. The van der Waals surface area contributed by atoms with Gasteiger partial charge in [-0.3, -0.25) is 9.69 Å². The second-order valence-corrected chi connectivity index (χ2v) is 3.83. The Hall–Kier alpha value is -0.370. The number of hydrogen-bond acceptors (Lipinski definition) is 2. The Morgan fingerprint density at radius 3 is 2.17 bits per heavy atom. The van der Waals surface area contributed by atoms with Crippen molar-refractivity contribution in [3.63, 3.8) is 0 Å². The highest BCUT2D eigenvalue weighted by Crippen LogP contribution is 2.10. The summed E-state index contributed by atoms with van der Waals surface area (Å²) in [5, 5.41) is 0. The number of Topliss-reactive ketones (excluding diaryl/α,β-unsaturated/α-hetero) is 1. The smallest absolute Gasteiger partial charge is 0.146 e. The number of carbonyl (C=O) groups excluding carboxylic acids is 1. The van der Waals surface area contributed by atoms with Gasteiger partial charge >= 0.3 is 0 Å². The van der Waals surface area contributed by atoms with Crippen molar-refractivity contribution in [1.29, 1.82) is 0 Å². The first kappa shape index (κ1) is 11.6. The van der Waals surface area contributed by atoms with Crippen LogP contribution in [0.2, 0.25) is 0 Å². The minimum Gasteiger partial charge on any atom is -0.298 e. The van der Waals surface area contributed by atoms with E-state index < -0.39 is 0 Å². The second-order valence-electron chi connectivity index (χ2n) is 3.83. The predicted octanol–water partition coefficient (Wildman–Crippen LogP) is 1.94. The zero-order valence-electron chi connectivity index (χ0n) is 8.92. The lowest BCUT2D eigenvalue weighted by molar-refractivity contribution is -0.122. The van der Waals surface area contributed by atoms with Crippen molar-refractivity contribution in [3.05, 3.63) is 0 Å². The highest BCUT2D eigenvalue weighted by atomic mass is 16.1. The fourth-order valence-electron chi connectivity index (χ4n) is 1.32. The molecule has 0 aliphatic heterocycles. The third-order valence-corrected chi connectivity index (χ3v) is 2.19. The summed E-state index contributed by atoms with van der Waals surface area (Å²) < 4.78 is 0. The van der Waals surface area contributed by atoms with Gasteiger partial charge in [-0.05, 0) is 32.9 Å². The molecule has 0 aromatic heterocycles. The highest BCUT2D eigenvalue weighted by molar-refractivity contribution is 5.81. The van der Waals surface area contributed by atoms with Gasteiger partial charge in [0.25, 0.3) is 0 Å². The third kappa shape index (κ3) is 3.86. The normalized spacial score (nSPS) is 13.9. The standard InChI is InChI=1S/C10H21NO/c1-6-11(5)10(9(4)12)7-8(2)3/h8,10H,6-7H2,1-5H3. The maximum atomic E-state index is 11.2. The van der Waals surface area contributed by atoms with Crippen LogP contribution in [-0.2, 0) is 4.79 Å². The molecule has 0 bridgehead atoms. The lowest BCUT2D eigenvalue weighted by Crippen LogP contribution is -2.38. The lowest BCUT2D eigenvalue weighted by atomic mass is 10.00. The summed E-state index contributed by atoms with van der Waals surface area (Å²) in [6, 6.07) is 0.120. The van der Waals surface area contributed by atoms with E-state index in [9.17, 15) is 4.79 Å². The van der Waals surface area contributed by atoms with Crippen LogP contribution in [0, 0.1) is 5.92 Å². The van der Waals surface area contributed by atoms with E-state index in [4.69, 9.17) is 0 Å². The monoisotopic (exact) mass is 171 g/mol. The van der Waals surface area contributed by atoms with Gasteiger partial charge < -0.3 is 0 Å². The molecule has 0 spiro atoms. The second kappa shape index (κ2) is 5.31. The van der Waals surface area contributed by atoms with Crippen molar-refractivity contribution in [1.82, 2.24) is 4.90 Å². The van der Waals surface area contributed by atoms with Gasteiger partial charge in [-0.25, -0.2) is 0 Å². The molecule has 0 fully saturated rings. The Kier molecular flexibility index (Phi) is 5.14. The van der Waals surface area contributed by atoms with Crippen LogP contribution in [0.15, 0.2) is 0 Å². The fraction of sp³-hybridized carbons (Fsp3) is 0.900. The SMILES string of the molecule is CCN(C)C(CC(C)C)C(C)=O. The van der Waals surface area contributed by atoms with Gasteiger partial charge in [-0.1, -0.05) is 20.8 Å². The van der Waals surface area contributed by atoms with Crippen LogP contribution in [0.1, 0.15) is 34.1 Å². The van der Waals surface area contributed by atoms with Gasteiger partial charge in [0, 0.05) is 0 Å². The minimum absolute atomic E-state index is 0.120. The molecule has 72 valence electrons. The molecule has 0 amide bonds. The van der Waals surface area contributed by atoms with E-state index in [0.29, 0.717) is 5.92 Å². The molecule has 0 aliphatic rings. The molecule has 12 heavy (non-hydrogen) atoms. The molecule has 1 unspecified atom stereocenters. The highest BCUT2D eigenvalue weighted by Gasteiger charge is 2.18. The molecule has 0 aromatic carbocycles. The molecule has 0 saturated carbocycles. The van der Waals surface area contributed by atoms with Gasteiger partial charge in [0.05, 0.1) is 6.04 Å². The molecule has 0 saturated heterocycles. The van der Waals surface area contributed by atoms with E-state index in [-0.39, 0.29) is 11.8 Å². The van der Waals surface area contributed by atoms with E-state index in [0.717, 1.165) is 13.0 Å². The first-order valence-electron chi connectivity index (χ1n) is 4.69. The number of likely N-dealkylation sites (N-methyl/N-ethyl adjacent to an activating group) is 1. The fourth-order valence-corrected chi connectivity index (χ4v) is 1.32. The molecule has 0 N–H and O–H groups in total. The first-order chi connectivity index (χ1) is 5.49. The Bertz CT molecular complexity index is 143. The van der Waals surface area contributed by atoms with Crippen LogP contribution in [0.25, 0.3) is 0 Å². The van der Waals surface area contributed by atoms with Crippen molar-refractivity contribution in [2.45, 2.75) is 40.2 Å². The van der Waals surface area contributed by atoms with E-state index >= 15 is 0 Å². The Morgan fingerprint density at radius 2 is 1.92 bits per heavy atom. The molecule has 0 aliphatic carbocycles. The molecule has 2 heteroatoms. The number of nitrogens with zero attached hydrogens (tertiary/aromatic N) is 1. The number of hydrogen-bond donors (Lipinski definition) is 0. The Balaban J connectivity index is 4.13. The summed E-state index contributed by atoms with van der Waals surface area (Å²) in [4.78, 5) is 13.4. The van der Waals surface area contributed by atoms with Gasteiger partial charge in [-0.2, -0.15) is 0 Å². The Labute approximate surface area is 75.9 Å². The molecule has 1 atom stereocenters. The van der Waals surface area contributed by atoms with Crippen LogP contribution in [0.3, 0.4) is 0 Å². The minimum atomic E-state index is 0.120. The van der Waals surface area contributed by atoms with Gasteiger partial charge in [-0.15, -0.1) is 0 Å². The first-order valence-corrected chi connectivity index (χ1v) is 4.69. The number of carbonyl (C=O) groups is 1.